The first-order valence-electron chi connectivity index (χ1n) is 8.16. The molecule has 1 aliphatic rings. The molecule has 1 fully saturated rings. The summed E-state index contributed by atoms with van der Waals surface area (Å²) in [6.45, 7) is 11.0. The molecular weight excluding hydrogens is 268 g/mol. The highest BCUT2D eigenvalue weighted by atomic mass is 16.5. The summed E-state index contributed by atoms with van der Waals surface area (Å²) in [5.41, 5.74) is 0. The molecule has 1 aliphatic heterocycles. The smallest absolute Gasteiger partial charge is 0.191 e. The van der Waals surface area contributed by atoms with Crippen LogP contribution in [-0.4, -0.2) is 76.6 Å². The summed E-state index contributed by atoms with van der Waals surface area (Å²) in [5.74, 6) is 0.880. The van der Waals surface area contributed by atoms with Crippen LogP contribution in [0.4, 0.5) is 0 Å². The second-order valence-electron chi connectivity index (χ2n) is 5.31. The molecular formula is C15H32N4O2. The van der Waals surface area contributed by atoms with Gasteiger partial charge in [0, 0.05) is 39.4 Å². The van der Waals surface area contributed by atoms with Crippen molar-refractivity contribution in [2.45, 2.75) is 32.8 Å². The fraction of sp³-hybridized carbons (Fsp3) is 0.933. The summed E-state index contributed by atoms with van der Waals surface area (Å²) in [7, 11) is 2.13. The Balaban J connectivity index is 2.22. The lowest BCUT2D eigenvalue weighted by Gasteiger charge is -2.29. The van der Waals surface area contributed by atoms with Crippen molar-refractivity contribution in [1.82, 2.24) is 15.5 Å². The van der Waals surface area contributed by atoms with Crippen molar-refractivity contribution in [1.29, 1.82) is 0 Å². The Kier molecular flexibility index (Phi) is 10.2. The van der Waals surface area contributed by atoms with E-state index in [1.165, 1.54) is 0 Å². The normalized spacial score (nSPS) is 20.5. The molecule has 6 heteroatoms. The molecule has 124 valence electrons. The van der Waals surface area contributed by atoms with Gasteiger partial charge in [0.15, 0.2) is 5.96 Å². The molecule has 21 heavy (non-hydrogen) atoms. The number of likely N-dealkylation sites (N-methyl/N-ethyl adjacent to an activating group) is 1. The van der Waals surface area contributed by atoms with E-state index < -0.39 is 0 Å². The number of rotatable bonds is 9. The van der Waals surface area contributed by atoms with Crippen molar-refractivity contribution in [2.75, 3.05) is 59.6 Å². The minimum Gasteiger partial charge on any atom is -0.382 e. The van der Waals surface area contributed by atoms with Gasteiger partial charge in [0.1, 0.15) is 0 Å². The standard InChI is InChI=1S/C15H32N4O2/c1-4-16-15(17-8-6-7-10-20-5-2)18-12-14-13-19(3)9-11-21-14/h14H,4-13H2,1-3H3,(H2,16,17,18). The molecule has 2 N–H and O–H groups in total. The lowest BCUT2D eigenvalue weighted by molar-refractivity contribution is -0.0136. The molecule has 0 aromatic carbocycles. The Bertz CT molecular complexity index is 287. The van der Waals surface area contributed by atoms with E-state index in [9.17, 15) is 0 Å². The molecule has 1 heterocycles. The largest absolute Gasteiger partial charge is 0.382 e. The van der Waals surface area contributed by atoms with Crippen molar-refractivity contribution < 1.29 is 9.47 Å². The molecule has 0 aromatic rings. The first-order valence-corrected chi connectivity index (χ1v) is 8.16. The van der Waals surface area contributed by atoms with Gasteiger partial charge in [-0.05, 0) is 33.7 Å². The summed E-state index contributed by atoms with van der Waals surface area (Å²) >= 11 is 0. The van der Waals surface area contributed by atoms with Crippen LogP contribution in [0.1, 0.15) is 26.7 Å². The van der Waals surface area contributed by atoms with Crippen LogP contribution in [-0.2, 0) is 9.47 Å². The SMILES string of the molecule is CCNC(=NCC1CN(C)CCO1)NCCCCOCC. The van der Waals surface area contributed by atoms with Crippen LogP contribution in [0.15, 0.2) is 4.99 Å². The highest BCUT2D eigenvalue weighted by molar-refractivity contribution is 5.79. The second-order valence-corrected chi connectivity index (χ2v) is 5.31. The van der Waals surface area contributed by atoms with Crippen molar-refractivity contribution in [3.05, 3.63) is 0 Å². The van der Waals surface area contributed by atoms with Gasteiger partial charge < -0.3 is 25.0 Å². The van der Waals surface area contributed by atoms with Crippen molar-refractivity contribution in [3.8, 4) is 0 Å². The van der Waals surface area contributed by atoms with Gasteiger partial charge in [0.05, 0.1) is 19.3 Å². The van der Waals surface area contributed by atoms with E-state index in [2.05, 4.69) is 34.5 Å². The zero-order valence-corrected chi connectivity index (χ0v) is 13.9. The zero-order valence-electron chi connectivity index (χ0n) is 13.9. The molecule has 0 aromatic heterocycles. The average Bonchev–Trinajstić information content (AvgIpc) is 2.48. The highest BCUT2D eigenvalue weighted by Crippen LogP contribution is 2.03. The molecule has 1 unspecified atom stereocenters. The topological polar surface area (TPSA) is 58.1 Å². The Morgan fingerprint density at radius 2 is 2.19 bits per heavy atom. The van der Waals surface area contributed by atoms with Crippen LogP contribution >= 0.6 is 0 Å². The fourth-order valence-corrected chi connectivity index (χ4v) is 2.19. The number of ether oxygens (including phenoxy) is 2. The third-order valence-electron chi connectivity index (χ3n) is 3.35. The zero-order chi connectivity index (χ0) is 15.3. The minimum absolute atomic E-state index is 0.206. The molecule has 6 nitrogen and oxygen atoms in total. The van der Waals surface area contributed by atoms with Crippen molar-refractivity contribution in [3.63, 3.8) is 0 Å². The first kappa shape index (κ1) is 18.2. The van der Waals surface area contributed by atoms with Crippen LogP contribution in [0, 0.1) is 0 Å². The van der Waals surface area contributed by atoms with Crippen LogP contribution < -0.4 is 10.6 Å². The van der Waals surface area contributed by atoms with Crippen LogP contribution in [0.2, 0.25) is 0 Å². The number of nitrogens with zero attached hydrogens (tertiary/aromatic N) is 2. The number of guanidine groups is 1. The van der Waals surface area contributed by atoms with E-state index in [-0.39, 0.29) is 6.10 Å². The Labute approximate surface area is 129 Å². The predicted molar refractivity (Wildman–Crippen MR) is 86.9 cm³/mol. The summed E-state index contributed by atoms with van der Waals surface area (Å²) in [6, 6.07) is 0. The van der Waals surface area contributed by atoms with Crippen LogP contribution in [0.25, 0.3) is 0 Å². The summed E-state index contributed by atoms with van der Waals surface area (Å²) in [5, 5.41) is 6.64. The highest BCUT2D eigenvalue weighted by Gasteiger charge is 2.17. The van der Waals surface area contributed by atoms with Gasteiger partial charge in [0.25, 0.3) is 0 Å². The van der Waals surface area contributed by atoms with Crippen LogP contribution in [0.5, 0.6) is 0 Å². The number of hydrogen-bond acceptors (Lipinski definition) is 4. The average molecular weight is 300 g/mol. The molecule has 0 saturated carbocycles. The second kappa shape index (κ2) is 11.8. The molecule has 0 spiro atoms. The fourth-order valence-electron chi connectivity index (χ4n) is 2.19. The van der Waals surface area contributed by atoms with Gasteiger partial charge >= 0.3 is 0 Å². The van der Waals surface area contributed by atoms with Gasteiger partial charge in [0.2, 0.25) is 0 Å². The lowest BCUT2D eigenvalue weighted by atomic mass is 10.3. The molecule has 0 amide bonds. The Morgan fingerprint density at radius 1 is 1.33 bits per heavy atom. The quantitative estimate of drug-likeness (QED) is 0.373. The summed E-state index contributed by atoms with van der Waals surface area (Å²) in [6.07, 6.45) is 2.38. The maximum Gasteiger partial charge on any atom is 0.191 e. The minimum atomic E-state index is 0.206. The maximum absolute atomic E-state index is 5.73. The summed E-state index contributed by atoms with van der Waals surface area (Å²) < 4.78 is 11.1. The van der Waals surface area contributed by atoms with Gasteiger partial charge in [-0.15, -0.1) is 0 Å². The predicted octanol–water partition coefficient (Wildman–Crippen LogP) is 0.689. The maximum atomic E-state index is 5.73. The van der Waals surface area contributed by atoms with Gasteiger partial charge in [-0.25, -0.2) is 0 Å². The van der Waals surface area contributed by atoms with Gasteiger partial charge in [-0.3, -0.25) is 4.99 Å². The van der Waals surface area contributed by atoms with E-state index in [0.717, 1.165) is 64.8 Å². The Hall–Kier alpha value is -0.850. The first-order chi connectivity index (χ1) is 10.3. The number of morpholine rings is 1. The summed E-state index contributed by atoms with van der Waals surface area (Å²) in [4.78, 5) is 6.91. The van der Waals surface area contributed by atoms with E-state index >= 15 is 0 Å². The monoisotopic (exact) mass is 300 g/mol. The number of unbranched alkanes of at least 4 members (excludes halogenated alkanes) is 1. The van der Waals surface area contributed by atoms with Gasteiger partial charge in [-0.2, -0.15) is 0 Å². The molecule has 0 radical (unpaired) electrons. The number of aliphatic imine (C=N–C) groups is 1. The third kappa shape index (κ3) is 8.90. The number of hydrogen-bond donors (Lipinski definition) is 2. The Morgan fingerprint density at radius 3 is 2.90 bits per heavy atom. The van der Waals surface area contributed by atoms with E-state index in [1.54, 1.807) is 0 Å². The third-order valence-corrected chi connectivity index (χ3v) is 3.35. The molecule has 1 saturated heterocycles. The molecule has 0 bridgehead atoms. The van der Waals surface area contributed by atoms with E-state index in [1.807, 2.05) is 6.92 Å². The van der Waals surface area contributed by atoms with Crippen LogP contribution in [0.3, 0.4) is 0 Å². The van der Waals surface area contributed by atoms with E-state index in [4.69, 9.17) is 9.47 Å². The van der Waals surface area contributed by atoms with Crippen molar-refractivity contribution in [2.24, 2.45) is 4.99 Å². The number of nitrogens with one attached hydrogen (secondary N) is 2. The molecule has 1 rings (SSSR count). The van der Waals surface area contributed by atoms with Gasteiger partial charge in [-0.1, -0.05) is 0 Å². The molecule has 1 atom stereocenters. The van der Waals surface area contributed by atoms with E-state index in [0.29, 0.717) is 6.54 Å². The van der Waals surface area contributed by atoms with Crippen molar-refractivity contribution >= 4 is 5.96 Å². The molecule has 0 aliphatic carbocycles. The lowest BCUT2D eigenvalue weighted by Crippen LogP contribution is -2.43.